The molecule has 2 unspecified atom stereocenters. The molecular formula is C27H31N5O8. The van der Waals surface area contributed by atoms with Crippen molar-refractivity contribution in [1.82, 2.24) is 14.9 Å². The van der Waals surface area contributed by atoms with Crippen LogP contribution in [0, 0.1) is 10.1 Å². The molecule has 3 N–H and O–H groups in total. The highest BCUT2D eigenvalue weighted by Gasteiger charge is 2.30. The molecule has 0 bridgehead atoms. The predicted molar refractivity (Wildman–Crippen MR) is 145 cm³/mol. The van der Waals surface area contributed by atoms with Gasteiger partial charge in [-0.15, -0.1) is 0 Å². The number of rotatable bonds is 13. The molecule has 13 heteroatoms. The SMILES string of the molecule is CC(=O)n1cc(C2C=C(C(=O)NCCNc3ccc([N+](=O)[O-])cn3)OC(OCCOCCO)C2)c2ccccc21. The first-order chi connectivity index (χ1) is 19.4. The summed E-state index contributed by atoms with van der Waals surface area (Å²) >= 11 is 0. The molecule has 2 aromatic heterocycles. The van der Waals surface area contributed by atoms with Crippen LogP contribution < -0.4 is 10.6 Å². The Kier molecular flexibility index (Phi) is 9.78. The van der Waals surface area contributed by atoms with E-state index in [1.165, 1.54) is 19.1 Å². The zero-order valence-corrected chi connectivity index (χ0v) is 21.9. The van der Waals surface area contributed by atoms with Gasteiger partial charge in [0.2, 0.25) is 12.2 Å². The zero-order valence-electron chi connectivity index (χ0n) is 21.9. The van der Waals surface area contributed by atoms with Crippen LogP contribution in [0.4, 0.5) is 11.5 Å². The fourth-order valence-corrected chi connectivity index (χ4v) is 4.35. The molecule has 1 amide bonds. The van der Waals surface area contributed by atoms with Gasteiger partial charge in [0.1, 0.15) is 12.0 Å². The fourth-order valence-electron chi connectivity index (χ4n) is 4.35. The van der Waals surface area contributed by atoms with Crippen LogP contribution in [0.15, 0.2) is 60.6 Å². The molecule has 0 spiro atoms. The Balaban J connectivity index is 1.45. The van der Waals surface area contributed by atoms with Crippen molar-refractivity contribution in [2.75, 3.05) is 44.8 Å². The maximum absolute atomic E-state index is 13.1. The van der Waals surface area contributed by atoms with E-state index in [-0.39, 0.29) is 56.2 Å². The van der Waals surface area contributed by atoms with E-state index in [2.05, 4.69) is 15.6 Å². The van der Waals surface area contributed by atoms with E-state index in [1.807, 2.05) is 24.3 Å². The number of aliphatic hydroxyl groups excluding tert-OH is 1. The Morgan fingerprint density at radius 2 is 2.02 bits per heavy atom. The van der Waals surface area contributed by atoms with Gasteiger partial charge >= 0.3 is 0 Å². The number of pyridine rings is 1. The number of benzene rings is 1. The number of carbonyl (C=O) groups is 2. The van der Waals surface area contributed by atoms with Gasteiger partial charge in [-0.05, 0) is 23.8 Å². The van der Waals surface area contributed by atoms with E-state index >= 15 is 0 Å². The third kappa shape index (κ3) is 7.20. The van der Waals surface area contributed by atoms with Gasteiger partial charge in [-0.25, -0.2) is 4.98 Å². The lowest BCUT2D eigenvalue weighted by atomic mass is 9.92. The van der Waals surface area contributed by atoms with Crippen molar-refractivity contribution in [3.05, 3.63) is 76.3 Å². The van der Waals surface area contributed by atoms with Gasteiger partial charge in [0, 0.05) is 50.0 Å². The molecule has 3 aromatic rings. The first kappa shape index (κ1) is 28.7. The highest BCUT2D eigenvalue weighted by atomic mass is 16.7. The number of nitrogens with zero attached hydrogens (tertiary/aromatic N) is 3. The minimum absolute atomic E-state index is 0.0886. The number of aliphatic hydroxyl groups is 1. The van der Waals surface area contributed by atoms with E-state index in [0.29, 0.717) is 18.8 Å². The molecular weight excluding hydrogens is 522 g/mol. The molecule has 2 atom stereocenters. The highest BCUT2D eigenvalue weighted by molar-refractivity contribution is 5.95. The lowest BCUT2D eigenvalue weighted by molar-refractivity contribution is -0.385. The van der Waals surface area contributed by atoms with Crippen LogP contribution >= 0.6 is 0 Å². The van der Waals surface area contributed by atoms with Crippen LogP contribution in [0.25, 0.3) is 10.9 Å². The number of allylic oxidation sites excluding steroid dienone is 1. The van der Waals surface area contributed by atoms with Crippen molar-refractivity contribution in [2.24, 2.45) is 0 Å². The minimum Gasteiger partial charge on any atom is -0.459 e. The number of hydrogen-bond donors (Lipinski definition) is 3. The maximum atomic E-state index is 13.1. The number of anilines is 1. The second-order valence-electron chi connectivity index (χ2n) is 8.96. The molecule has 0 saturated heterocycles. The highest BCUT2D eigenvalue weighted by Crippen LogP contribution is 2.36. The average molecular weight is 554 g/mol. The molecule has 13 nitrogen and oxygen atoms in total. The van der Waals surface area contributed by atoms with Gasteiger partial charge in [-0.1, -0.05) is 18.2 Å². The van der Waals surface area contributed by atoms with Crippen LogP contribution in [0.3, 0.4) is 0 Å². The van der Waals surface area contributed by atoms with E-state index < -0.39 is 17.1 Å². The first-order valence-corrected chi connectivity index (χ1v) is 12.8. The normalized spacial score (nSPS) is 16.7. The van der Waals surface area contributed by atoms with Crippen LogP contribution in [0.1, 0.15) is 29.6 Å². The van der Waals surface area contributed by atoms with Crippen LogP contribution in [-0.4, -0.2) is 77.2 Å². The summed E-state index contributed by atoms with van der Waals surface area (Å²) in [6.45, 7) is 2.60. The third-order valence-electron chi connectivity index (χ3n) is 6.21. The molecule has 0 saturated carbocycles. The van der Waals surface area contributed by atoms with Crippen LogP contribution in [0.2, 0.25) is 0 Å². The molecule has 1 aromatic carbocycles. The molecule has 1 aliphatic heterocycles. The van der Waals surface area contributed by atoms with Gasteiger partial charge < -0.3 is 30.0 Å². The molecule has 0 aliphatic carbocycles. The van der Waals surface area contributed by atoms with Crippen molar-refractivity contribution in [3.8, 4) is 0 Å². The summed E-state index contributed by atoms with van der Waals surface area (Å²) in [6.07, 6.45) is 4.35. The van der Waals surface area contributed by atoms with Crippen molar-refractivity contribution >= 4 is 34.2 Å². The van der Waals surface area contributed by atoms with Crippen LogP contribution in [-0.2, 0) is 19.0 Å². The number of hydrogen-bond acceptors (Lipinski definition) is 10. The Morgan fingerprint density at radius 3 is 2.75 bits per heavy atom. The average Bonchev–Trinajstić information content (AvgIpc) is 3.35. The number of nitro groups is 1. The second kappa shape index (κ2) is 13.6. The Hall–Kier alpha value is -4.33. The monoisotopic (exact) mass is 553 g/mol. The van der Waals surface area contributed by atoms with Gasteiger partial charge in [0.15, 0.2) is 5.76 Å². The molecule has 212 valence electrons. The van der Waals surface area contributed by atoms with Crippen molar-refractivity contribution in [1.29, 1.82) is 0 Å². The number of para-hydroxylation sites is 1. The molecule has 3 heterocycles. The Labute approximate surface area is 229 Å². The quantitative estimate of drug-likeness (QED) is 0.163. The fraction of sp³-hybridized carbons (Fsp3) is 0.370. The van der Waals surface area contributed by atoms with E-state index in [1.54, 1.807) is 16.8 Å². The molecule has 0 fully saturated rings. The van der Waals surface area contributed by atoms with Crippen molar-refractivity contribution in [2.45, 2.75) is 25.6 Å². The lowest BCUT2D eigenvalue weighted by Gasteiger charge is -2.29. The Bertz CT molecular complexity index is 1370. The number of nitrogens with one attached hydrogen (secondary N) is 2. The number of carbonyl (C=O) groups excluding carboxylic acids is 2. The number of fused-ring (bicyclic) bond motifs is 1. The zero-order chi connectivity index (χ0) is 28.5. The summed E-state index contributed by atoms with van der Waals surface area (Å²) in [7, 11) is 0. The second-order valence-corrected chi connectivity index (χ2v) is 8.96. The molecule has 1 aliphatic rings. The van der Waals surface area contributed by atoms with E-state index in [4.69, 9.17) is 19.3 Å². The van der Waals surface area contributed by atoms with Gasteiger partial charge in [-0.2, -0.15) is 0 Å². The summed E-state index contributed by atoms with van der Waals surface area (Å²) in [5.41, 5.74) is 1.53. The largest absolute Gasteiger partial charge is 0.459 e. The summed E-state index contributed by atoms with van der Waals surface area (Å²) in [5, 5.41) is 26.3. The number of aromatic nitrogens is 2. The summed E-state index contributed by atoms with van der Waals surface area (Å²) in [5.74, 6) is -0.313. The van der Waals surface area contributed by atoms with Crippen molar-refractivity contribution in [3.63, 3.8) is 0 Å². The summed E-state index contributed by atoms with van der Waals surface area (Å²) < 4.78 is 18.6. The third-order valence-corrected chi connectivity index (χ3v) is 6.21. The summed E-state index contributed by atoms with van der Waals surface area (Å²) in [6, 6.07) is 10.4. The molecule has 40 heavy (non-hydrogen) atoms. The maximum Gasteiger partial charge on any atom is 0.287 e. The van der Waals surface area contributed by atoms with Gasteiger partial charge in [-0.3, -0.25) is 24.3 Å². The standard InChI is InChI=1S/C27H31N5O8/c1-18(34)31-17-22(21-4-2-3-5-23(21)31)19-14-24(40-26(15-19)39-13-12-38-11-10-33)27(35)29-9-8-28-25-7-6-20(16-30-25)32(36)37/h2-7,14,16-17,19,26,33H,8-13,15H2,1H3,(H,28,30)(H,29,35). The minimum atomic E-state index is -0.740. The number of ether oxygens (including phenoxy) is 3. The van der Waals surface area contributed by atoms with Crippen molar-refractivity contribution < 1.29 is 33.8 Å². The summed E-state index contributed by atoms with van der Waals surface area (Å²) in [4.78, 5) is 39.6. The van der Waals surface area contributed by atoms with E-state index in [9.17, 15) is 19.7 Å². The van der Waals surface area contributed by atoms with Gasteiger partial charge in [0.25, 0.3) is 11.6 Å². The predicted octanol–water partition coefficient (Wildman–Crippen LogP) is 2.57. The van der Waals surface area contributed by atoms with Crippen LogP contribution in [0.5, 0.6) is 0 Å². The molecule has 0 radical (unpaired) electrons. The molecule has 4 rings (SSSR count). The Morgan fingerprint density at radius 1 is 1.20 bits per heavy atom. The first-order valence-electron chi connectivity index (χ1n) is 12.8. The van der Waals surface area contributed by atoms with Gasteiger partial charge in [0.05, 0.1) is 36.9 Å². The number of amides is 1. The smallest absolute Gasteiger partial charge is 0.287 e. The topological polar surface area (TPSA) is 167 Å². The lowest BCUT2D eigenvalue weighted by Crippen LogP contribution is -2.35. The van der Waals surface area contributed by atoms with E-state index in [0.717, 1.165) is 22.7 Å².